The van der Waals surface area contributed by atoms with Crippen molar-refractivity contribution >= 4 is 28.9 Å². The van der Waals surface area contributed by atoms with Crippen LogP contribution in [-0.4, -0.2) is 26.7 Å². The smallest absolute Gasteiger partial charge is 0.208 e. The second kappa shape index (κ2) is 7.52. The molecule has 1 N–H and O–H groups in total. The zero-order chi connectivity index (χ0) is 16.1. The number of H-pyrrole nitrogens is 1. The predicted molar refractivity (Wildman–Crippen MR) is 90.4 cm³/mol. The van der Waals surface area contributed by atoms with Gasteiger partial charge in [0.1, 0.15) is 5.82 Å². The van der Waals surface area contributed by atoms with Gasteiger partial charge in [-0.25, -0.2) is 9.37 Å². The zero-order valence-corrected chi connectivity index (χ0v) is 13.8. The van der Waals surface area contributed by atoms with Crippen LogP contribution in [0.25, 0.3) is 10.7 Å². The van der Waals surface area contributed by atoms with Crippen LogP contribution < -0.4 is 0 Å². The lowest BCUT2D eigenvalue weighted by Crippen LogP contribution is -1.99. The average molecular weight is 347 g/mol. The van der Waals surface area contributed by atoms with E-state index in [1.54, 1.807) is 11.3 Å². The van der Waals surface area contributed by atoms with E-state index in [1.807, 2.05) is 17.5 Å². The predicted octanol–water partition coefficient (Wildman–Crippen LogP) is 4.43. The van der Waals surface area contributed by atoms with Crippen molar-refractivity contribution in [3.05, 3.63) is 53.2 Å². The van der Waals surface area contributed by atoms with Gasteiger partial charge in [-0.3, -0.25) is 9.89 Å². The highest BCUT2D eigenvalue weighted by Crippen LogP contribution is 2.23. The number of hydrogen-bond acceptors (Lipinski definition) is 5. The Bertz CT molecular complexity index is 769. The lowest BCUT2D eigenvalue weighted by atomic mass is 10.1. The Morgan fingerprint density at radius 2 is 2.09 bits per heavy atom. The highest BCUT2D eigenvalue weighted by molar-refractivity contribution is 7.99. The van der Waals surface area contributed by atoms with Crippen LogP contribution in [0.3, 0.4) is 0 Å². The van der Waals surface area contributed by atoms with Gasteiger partial charge in [-0.15, -0.1) is 16.4 Å². The number of halogens is 1. The number of aromatic nitrogens is 3. The van der Waals surface area contributed by atoms with Crippen molar-refractivity contribution in [2.45, 2.75) is 18.0 Å². The summed E-state index contributed by atoms with van der Waals surface area (Å²) in [6.45, 7) is 0. The summed E-state index contributed by atoms with van der Waals surface area (Å²) >= 11 is 3.12. The summed E-state index contributed by atoms with van der Waals surface area (Å²) in [5.41, 5.74) is 0.550. The van der Waals surface area contributed by atoms with Gasteiger partial charge >= 0.3 is 0 Å². The molecule has 3 aromatic rings. The van der Waals surface area contributed by atoms with Crippen molar-refractivity contribution in [3.63, 3.8) is 0 Å². The fourth-order valence-electron chi connectivity index (χ4n) is 2.01. The number of hydrogen-bond donors (Lipinski definition) is 1. The van der Waals surface area contributed by atoms with Crippen LogP contribution in [0.15, 0.2) is 46.9 Å². The minimum absolute atomic E-state index is 0.0276. The molecule has 0 aliphatic heterocycles. The maximum Gasteiger partial charge on any atom is 0.208 e. The number of benzene rings is 1. The van der Waals surface area contributed by atoms with E-state index in [1.165, 1.54) is 36.0 Å². The van der Waals surface area contributed by atoms with Crippen molar-refractivity contribution in [2.24, 2.45) is 0 Å². The van der Waals surface area contributed by atoms with E-state index < -0.39 is 0 Å². The van der Waals surface area contributed by atoms with Gasteiger partial charge < -0.3 is 0 Å². The van der Waals surface area contributed by atoms with Crippen LogP contribution in [-0.2, 0) is 0 Å². The second-order valence-electron chi connectivity index (χ2n) is 4.83. The minimum Gasteiger partial charge on any atom is -0.294 e. The summed E-state index contributed by atoms with van der Waals surface area (Å²) in [4.78, 5) is 17.4. The average Bonchev–Trinajstić information content (AvgIpc) is 3.23. The molecule has 0 unspecified atom stereocenters. The molecular formula is C16H14FN3OS2. The third-order valence-electron chi connectivity index (χ3n) is 3.16. The molecule has 2 aromatic heterocycles. The Morgan fingerprint density at radius 3 is 2.83 bits per heavy atom. The van der Waals surface area contributed by atoms with Crippen LogP contribution in [0.5, 0.6) is 0 Å². The standard InChI is InChI=1S/C16H14FN3OS2/c17-12-7-5-11(6-8-12)13(21)3-1-10-23-16-18-15(19-20-16)14-4-2-9-22-14/h2,4-9H,1,3,10H2,(H,18,19,20). The summed E-state index contributed by atoms with van der Waals surface area (Å²) in [6.07, 6.45) is 1.16. The van der Waals surface area contributed by atoms with Crippen LogP contribution in [0.4, 0.5) is 4.39 Å². The number of carbonyl (C=O) groups excluding carboxylic acids is 1. The molecule has 0 aliphatic rings. The fourth-order valence-corrected chi connectivity index (χ4v) is 3.41. The van der Waals surface area contributed by atoms with E-state index in [9.17, 15) is 9.18 Å². The lowest BCUT2D eigenvalue weighted by molar-refractivity contribution is 0.0982. The van der Waals surface area contributed by atoms with Gasteiger partial charge in [0.2, 0.25) is 5.16 Å². The first kappa shape index (κ1) is 15.9. The van der Waals surface area contributed by atoms with Gasteiger partial charge in [-0.2, -0.15) is 0 Å². The van der Waals surface area contributed by atoms with Gasteiger partial charge in [0.15, 0.2) is 11.6 Å². The Kier molecular flexibility index (Phi) is 5.19. The molecule has 2 heterocycles. The number of aromatic amines is 1. The van der Waals surface area contributed by atoms with E-state index in [2.05, 4.69) is 15.2 Å². The van der Waals surface area contributed by atoms with Gasteiger partial charge in [0, 0.05) is 17.7 Å². The van der Waals surface area contributed by atoms with Gasteiger partial charge in [-0.1, -0.05) is 17.8 Å². The summed E-state index contributed by atoms with van der Waals surface area (Å²) < 4.78 is 12.8. The summed E-state index contributed by atoms with van der Waals surface area (Å²) in [5.74, 6) is 1.22. The quantitative estimate of drug-likeness (QED) is 0.390. The molecule has 0 fully saturated rings. The molecule has 1 aromatic carbocycles. The number of carbonyl (C=O) groups is 1. The maximum atomic E-state index is 12.8. The maximum absolute atomic E-state index is 12.8. The summed E-state index contributed by atoms with van der Waals surface area (Å²) in [7, 11) is 0. The molecule has 3 rings (SSSR count). The largest absolute Gasteiger partial charge is 0.294 e. The molecule has 0 saturated heterocycles. The van der Waals surface area contributed by atoms with E-state index in [0.717, 1.165) is 22.9 Å². The van der Waals surface area contributed by atoms with Crippen molar-refractivity contribution in [2.75, 3.05) is 5.75 Å². The highest BCUT2D eigenvalue weighted by Gasteiger charge is 2.08. The lowest BCUT2D eigenvalue weighted by Gasteiger charge is -2.00. The molecule has 0 atom stereocenters. The van der Waals surface area contributed by atoms with Gasteiger partial charge in [-0.05, 0) is 42.1 Å². The first-order valence-electron chi connectivity index (χ1n) is 7.10. The number of thiophene rings is 1. The third-order valence-corrected chi connectivity index (χ3v) is 4.98. The van der Waals surface area contributed by atoms with E-state index in [0.29, 0.717) is 17.1 Å². The molecule has 0 spiro atoms. The van der Waals surface area contributed by atoms with Crippen molar-refractivity contribution in [1.82, 2.24) is 15.2 Å². The van der Waals surface area contributed by atoms with Crippen LogP contribution in [0.2, 0.25) is 0 Å². The van der Waals surface area contributed by atoms with Crippen molar-refractivity contribution in [3.8, 4) is 10.7 Å². The SMILES string of the molecule is O=C(CCCSc1n[nH]c(-c2cccs2)n1)c1ccc(F)cc1. The molecule has 7 heteroatoms. The number of nitrogens with one attached hydrogen (secondary N) is 1. The first-order valence-corrected chi connectivity index (χ1v) is 8.97. The second-order valence-corrected chi connectivity index (χ2v) is 6.84. The normalized spacial score (nSPS) is 10.8. The summed E-state index contributed by atoms with van der Waals surface area (Å²) in [6, 6.07) is 9.61. The van der Waals surface area contributed by atoms with Gasteiger partial charge in [0.05, 0.1) is 4.88 Å². The molecule has 23 heavy (non-hydrogen) atoms. The highest BCUT2D eigenvalue weighted by atomic mass is 32.2. The van der Waals surface area contributed by atoms with Crippen molar-refractivity contribution < 1.29 is 9.18 Å². The van der Waals surface area contributed by atoms with Crippen molar-refractivity contribution in [1.29, 1.82) is 0 Å². The minimum atomic E-state index is -0.330. The number of rotatable bonds is 7. The Balaban J connectivity index is 1.45. The van der Waals surface area contributed by atoms with Gasteiger partial charge in [0.25, 0.3) is 0 Å². The molecule has 118 valence electrons. The van der Waals surface area contributed by atoms with Crippen LogP contribution in [0.1, 0.15) is 23.2 Å². The first-order chi connectivity index (χ1) is 11.2. The van der Waals surface area contributed by atoms with E-state index >= 15 is 0 Å². The fraction of sp³-hybridized carbons (Fsp3) is 0.188. The molecule has 0 radical (unpaired) electrons. The number of Topliss-reactive ketones (excluding diaryl/α,β-unsaturated/α-hetero) is 1. The molecule has 0 saturated carbocycles. The topological polar surface area (TPSA) is 58.6 Å². The molecule has 0 aliphatic carbocycles. The van der Waals surface area contributed by atoms with E-state index in [-0.39, 0.29) is 11.6 Å². The Morgan fingerprint density at radius 1 is 1.26 bits per heavy atom. The zero-order valence-electron chi connectivity index (χ0n) is 12.2. The molecule has 4 nitrogen and oxygen atoms in total. The molecule has 0 amide bonds. The molecular weight excluding hydrogens is 333 g/mol. The number of ketones is 1. The summed E-state index contributed by atoms with van der Waals surface area (Å²) in [5, 5.41) is 9.75. The Labute approximate surface area is 141 Å². The monoisotopic (exact) mass is 347 g/mol. The number of thioether (sulfide) groups is 1. The number of nitrogens with zero attached hydrogens (tertiary/aromatic N) is 2. The van der Waals surface area contributed by atoms with Crippen LogP contribution >= 0.6 is 23.1 Å². The van der Waals surface area contributed by atoms with E-state index in [4.69, 9.17) is 0 Å². The third kappa shape index (κ3) is 4.27. The van der Waals surface area contributed by atoms with Crippen LogP contribution in [0, 0.1) is 5.82 Å². The molecule has 0 bridgehead atoms. The Hall–Kier alpha value is -1.99.